The fourth-order valence-corrected chi connectivity index (χ4v) is 4.95. The Morgan fingerprint density at radius 3 is 2.46 bits per heavy atom. The number of benzene rings is 2. The van der Waals surface area contributed by atoms with Crippen molar-refractivity contribution in [3.63, 3.8) is 0 Å². The number of rotatable bonds is 8. The van der Waals surface area contributed by atoms with Crippen molar-refractivity contribution in [1.82, 2.24) is 10.2 Å². The number of amides is 2. The van der Waals surface area contributed by atoms with E-state index in [2.05, 4.69) is 5.32 Å². The van der Waals surface area contributed by atoms with E-state index in [0.29, 0.717) is 23.0 Å². The Kier molecular flexibility index (Phi) is 7.63. The number of ether oxygens (including phenoxy) is 3. The predicted octanol–water partition coefficient (Wildman–Crippen LogP) is 4.65. The Morgan fingerprint density at radius 1 is 1.00 bits per heavy atom. The summed E-state index contributed by atoms with van der Waals surface area (Å²) in [6.45, 7) is 0.220. The first-order chi connectivity index (χ1) is 18.1. The van der Waals surface area contributed by atoms with E-state index in [4.69, 9.17) is 18.6 Å². The first kappa shape index (κ1) is 24.7. The summed E-state index contributed by atoms with van der Waals surface area (Å²) >= 11 is 0. The van der Waals surface area contributed by atoms with Crippen LogP contribution >= 0.6 is 0 Å². The fraction of sp³-hybridized carbons (Fsp3) is 0.379. The first-order valence-corrected chi connectivity index (χ1v) is 12.8. The number of nitrogens with zero attached hydrogens (tertiary/aromatic N) is 1. The second-order valence-electron chi connectivity index (χ2n) is 9.44. The van der Waals surface area contributed by atoms with Gasteiger partial charge in [0.25, 0.3) is 11.8 Å². The Balaban J connectivity index is 1.46. The molecule has 5 rings (SSSR count). The van der Waals surface area contributed by atoms with Crippen LogP contribution in [0.4, 0.5) is 0 Å². The highest BCUT2D eigenvalue weighted by Gasteiger charge is 2.40. The summed E-state index contributed by atoms with van der Waals surface area (Å²) in [6, 6.07) is 17.2. The van der Waals surface area contributed by atoms with Gasteiger partial charge in [0.2, 0.25) is 6.10 Å². The number of carbonyl (C=O) groups excluding carboxylic acids is 2. The van der Waals surface area contributed by atoms with Gasteiger partial charge in [0, 0.05) is 12.6 Å². The molecule has 0 spiro atoms. The number of nitrogens with one attached hydrogen (secondary N) is 1. The summed E-state index contributed by atoms with van der Waals surface area (Å²) in [5, 5.41) is 3.18. The molecule has 1 aromatic heterocycles. The maximum absolute atomic E-state index is 14.0. The Bertz CT molecular complexity index is 1190. The third-order valence-electron chi connectivity index (χ3n) is 6.90. The molecule has 2 aliphatic rings. The van der Waals surface area contributed by atoms with Crippen molar-refractivity contribution in [2.45, 2.75) is 56.8 Å². The lowest BCUT2D eigenvalue weighted by atomic mass is 9.95. The predicted molar refractivity (Wildman–Crippen MR) is 136 cm³/mol. The number of furan rings is 1. The molecule has 2 atom stereocenters. The van der Waals surface area contributed by atoms with Crippen molar-refractivity contribution in [3.05, 3.63) is 78.3 Å². The van der Waals surface area contributed by atoms with Crippen LogP contribution in [0, 0.1) is 0 Å². The third-order valence-corrected chi connectivity index (χ3v) is 6.90. The highest BCUT2D eigenvalue weighted by atomic mass is 16.6. The minimum atomic E-state index is -0.965. The van der Waals surface area contributed by atoms with E-state index in [0.717, 1.165) is 31.2 Å². The Morgan fingerprint density at radius 2 is 1.76 bits per heavy atom. The number of fused-ring (bicyclic) bond motifs is 1. The summed E-state index contributed by atoms with van der Waals surface area (Å²) in [7, 11) is 1.60. The molecular weight excluding hydrogens is 472 g/mol. The summed E-state index contributed by atoms with van der Waals surface area (Å²) in [6.07, 6.45) is 5.81. The molecule has 0 bridgehead atoms. The van der Waals surface area contributed by atoms with Gasteiger partial charge in [-0.3, -0.25) is 9.59 Å². The summed E-state index contributed by atoms with van der Waals surface area (Å²) in [5.41, 5.74) is 0.841. The maximum Gasteiger partial charge on any atom is 0.268 e. The Labute approximate surface area is 216 Å². The molecular formula is C29H32N2O6. The van der Waals surface area contributed by atoms with Gasteiger partial charge in [0.05, 0.1) is 13.4 Å². The molecule has 3 aromatic rings. The van der Waals surface area contributed by atoms with Crippen molar-refractivity contribution in [1.29, 1.82) is 0 Å². The molecule has 1 N–H and O–H groups in total. The van der Waals surface area contributed by atoms with Crippen LogP contribution < -0.4 is 19.5 Å². The molecule has 1 aliphatic carbocycles. The van der Waals surface area contributed by atoms with Gasteiger partial charge in [0.15, 0.2) is 17.5 Å². The van der Waals surface area contributed by atoms with Crippen LogP contribution in [0.15, 0.2) is 71.3 Å². The van der Waals surface area contributed by atoms with Crippen LogP contribution in [0.2, 0.25) is 0 Å². The number of para-hydroxylation sites is 2. The largest absolute Gasteiger partial charge is 0.497 e. The van der Waals surface area contributed by atoms with E-state index in [1.165, 1.54) is 17.6 Å². The molecule has 2 unspecified atom stereocenters. The zero-order chi connectivity index (χ0) is 25.6. The van der Waals surface area contributed by atoms with E-state index in [-0.39, 0.29) is 31.0 Å². The topological polar surface area (TPSA) is 90.2 Å². The van der Waals surface area contributed by atoms with Gasteiger partial charge < -0.3 is 28.8 Å². The van der Waals surface area contributed by atoms with E-state index >= 15 is 0 Å². The molecule has 2 heterocycles. The van der Waals surface area contributed by atoms with E-state index in [1.54, 1.807) is 31.4 Å². The van der Waals surface area contributed by atoms with E-state index < -0.39 is 12.1 Å². The van der Waals surface area contributed by atoms with Gasteiger partial charge in [-0.25, -0.2) is 0 Å². The van der Waals surface area contributed by atoms with Crippen molar-refractivity contribution >= 4 is 11.8 Å². The SMILES string of the molecule is COc1ccc(CN(C(=O)C2COc3ccccc3O2)C(C(=O)NC2CCCCC2)c2ccco2)cc1. The van der Waals surface area contributed by atoms with E-state index in [9.17, 15) is 9.59 Å². The minimum Gasteiger partial charge on any atom is -0.497 e. The van der Waals surface area contributed by atoms with Crippen LogP contribution in [0.5, 0.6) is 17.2 Å². The molecule has 1 fully saturated rings. The molecule has 8 heteroatoms. The van der Waals surface area contributed by atoms with Crippen molar-refractivity contribution in [2.24, 2.45) is 0 Å². The number of hydrogen-bond donors (Lipinski definition) is 1. The average molecular weight is 505 g/mol. The molecule has 0 saturated heterocycles. The summed E-state index contributed by atoms with van der Waals surface area (Å²) in [5.74, 6) is 1.57. The van der Waals surface area contributed by atoms with Gasteiger partial charge in [-0.05, 0) is 54.8 Å². The molecule has 2 aromatic carbocycles. The number of methoxy groups -OCH3 is 1. The molecule has 1 aliphatic heterocycles. The van der Waals surface area contributed by atoms with Crippen molar-refractivity contribution in [2.75, 3.05) is 13.7 Å². The van der Waals surface area contributed by atoms with Crippen LogP contribution in [0.25, 0.3) is 0 Å². The molecule has 1 saturated carbocycles. The zero-order valence-electron chi connectivity index (χ0n) is 20.9. The number of hydrogen-bond acceptors (Lipinski definition) is 6. The normalized spacial score (nSPS) is 18.0. The highest BCUT2D eigenvalue weighted by Crippen LogP contribution is 2.33. The standard InChI is InChI=1S/C29H32N2O6/c1-34-22-15-13-20(14-16-22)18-31(29(33)26-19-36-23-10-5-6-11-24(23)37-26)27(25-12-7-17-35-25)28(32)30-21-8-3-2-4-9-21/h5-7,10-17,21,26-27H,2-4,8-9,18-19H2,1H3,(H,30,32). The molecule has 37 heavy (non-hydrogen) atoms. The van der Waals surface area contributed by atoms with Crippen molar-refractivity contribution in [3.8, 4) is 17.2 Å². The lowest BCUT2D eigenvalue weighted by Crippen LogP contribution is -2.52. The lowest BCUT2D eigenvalue weighted by Gasteiger charge is -2.35. The number of carbonyl (C=O) groups is 2. The molecule has 2 amide bonds. The maximum atomic E-state index is 14.0. The summed E-state index contributed by atoms with van der Waals surface area (Å²) < 4.78 is 22.9. The van der Waals surface area contributed by atoms with Gasteiger partial charge in [-0.1, -0.05) is 43.5 Å². The van der Waals surface area contributed by atoms with Crippen LogP contribution in [-0.4, -0.2) is 42.6 Å². The second kappa shape index (κ2) is 11.4. The fourth-order valence-electron chi connectivity index (χ4n) is 4.95. The quantitative estimate of drug-likeness (QED) is 0.480. The van der Waals surface area contributed by atoms with Gasteiger partial charge in [-0.2, -0.15) is 0 Å². The minimum absolute atomic E-state index is 0.0457. The average Bonchev–Trinajstić information content (AvgIpc) is 3.47. The van der Waals surface area contributed by atoms with Gasteiger partial charge in [0.1, 0.15) is 18.1 Å². The van der Waals surface area contributed by atoms with Crippen LogP contribution in [-0.2, 0) is 16.1 Å². The first-order valence-electron chi connectivity index (χ1n) is 12.8. The Hall–Kier alpha value is -3.94. The van der Waals surface area contributed by atoms with Crippen molar-refractivity contribution < 1.29 is 28.2 Å². The van der Waals surface area contributed by atoms with Gasteiger partial charge in [-0.15, -0.1) is 0 Å². The van der Waals surface area contributed by atoms with Crippen LogP contribution in [0.1, 0.15) is 49.5 Å². The molecule has 194 valence electrons. The lowest BCUT2D eigenvalue weighted by molar-refractivity contribution is -0.150. The monoisotopic (exact) mass is 504 g/mol. The smallest absolute Gasteiger partial charge is 0.268 e. The molecule has 8 nitrogen and oxygen atoms in total. The van der Waals surface area contributed by atoms with Crippen LogP contribution in [0.3, 0.4) is 0 Å². The zero-order valence-corrected chi connectivity index (χ0v) is 20.9. The molecule has 0 radical (unpaired) electrons. The summed E-state index contributed by atoms with van der Waals surface area (Å²) in [4.78, 5) is 29.3. The van der Waals surface area contributed by atoms with E-state index in [1.807, 2.05) is 36.4 Å². The highest BCUT2D eigenvalue weighted by molar-refractivity contribution is 5.90. The van der Waals surface area contributed by atoms with Gasteiger partial charge >= 0.3 is 0 Å². The third kappa shape index (κ3) is 5.74. The second-order valence-corrected chi connectivity index (χ2v) is 9.44.